The summed E-state index contributed by atoms with van der Waals surface area (Å²) in [5, 5.41) is 2.99. The molecule has 0 radical (unpaired) electrons. The molecule has 1 saturated heterocycles. The van der Waals surface area contributed by atoms with Crippen LogP contribution in [0.1, 0.15) is 25.3 Å². The Morgan fingerprint density at radius 1 is 1.42 bits per heavy atom. The van der Waals surface area contributed by atoms with Crippen LogP contribution in [0, 0.1) is 0 Å². The molecule has 3 N–H and O–H groups in total. The number of nitrogens with one attached hydrogen (secondary N) is 1. The summed E-state index contributed by atoms with van der Waals surface area (Å²) in [6.45, 7) is 4.31. The summed E-state index contributed by atoms with van der Waals surface area (Å²) in [4.78, 5) is 13.8. The first-order valence-electron chi connectivity index (χ1n) is 6.96. The molecular weight excluding hydrogens is 238 g/mol. The summed E-state index contributed by atoms with van der Waals surface area (Å²) in [6, 6.07) is 11.3. The lowest BCUT2D eigenvalue weighted by atomic mass is 9.97. The zero-order valence-electron chi connectivity index (χ0n) is 11.5. The molecule has 1 aliphatic heterocycles. The van der Waals surface area contributed by atoms with Crippen LogP contribution in [0.15, 0.2) is 30.3 Å². The van der Waals surface area contributed by atoms with Gasteiger partial charge in [-0.05, 0) is 25.3 Å². The van der Waals surface area contributed by atoms with E-state index in [0.717, 1.165) is 25.9 Å². The average molecular weight is 261 g/mol. The van der Waals surface area contributed by atoms with Gasteiger partial charge in [0.05, 0.1) is 6.54 Å². The Morgan fingerprint density at radius 3 is 2.79 bits per heavy atom. The first-order chi connectivity index (χ1) is 9.19. The van der Waals surface area contributed by atoms with Gasteiger partial charge in [0.2, 0.25) is 5.91 Å². The van der Waals surface area contributed by atoms with Crippen molar-refractivity contribution >= 4 is 5.91 Å². The van der Waals surface area contributed by atoms with Gasteiger partial charge in [-0.1, -0.05) is 30.3 Å². The van der Waals surface area contributed by atoms with Gasteiger partial charge >= 0.3 is 0 Å². The second-order valence-corrected chi connectivity index (χ2v) is 5.30. The normalized spacial score (nSPS) is 24.1. The lowest BCUT2D eigenvalue weighted by Gasteiger charge is -2.38. The molecule has 1 aromatic carbocycles. The molecule has 1 aromatic rings. The lowest BCUT2D eigenvalue weighted by Crippen LogP contribution is -2.49. The van der Waals surface area contributed by atoms with Crippen molar-refractivity contribution in [3.63, 3.8) is 0 Å². The molecule has 19 heavy (non-hydrogen) atoms. The number of amides is 1. The van der Waals surface area contributed by atoms with Crippen LogP contribution in [0.4, 0.5) is 0 Å². The molecule has 4 nitrogen and oxygen atoms in total. The van der Waals surface area contributed by atoms with Crippen LogP contribution >= 0.6 is 0 Å². The van der Waals surface area contributed by atoms with Crippen molar-refractivity contribution in [2.45, 2.75) is 38.4 Å². The molecule has 104 valence electrons. The monoisotopic (exact) mass is 261 g/mol. The minimum absolute atomic E-state index is 0.0475. The lowest BCUT2D eigenvalue weighted by molar-refractivity contribution is -0.120. The van der Waals surface area contributed by atoms with Crippen molar-refractivity contribution in [2.75, 3.05) is 13.1 Å². The first-order valence-corrected chi connectivity index (χ1v) is 6.96. The summed E-state index contributed by atoms with van der Waals surface area (Å²) in [5.74, 6) is -0.0475. The van der Waals surface area contributed by atoms with Crippen molar-refractivity contribution < 1.29 is 4.79 Å². The first kappa shape index (κ1) is 14.0. The predicted molar refractivity (Wildman–Crippen MR) is 76.5 cm³/mol. The molecule has 0 unspecified atom stereocenters. The Kier molecular flexibility index (Phi) is 4.93. The van der Waals surface area contributed by atoms with Crippen LogP contribution in [0.3, 0.4) is 0 Å². The second kappa shape index (κ2) is 6.68. The van der Waals surface area contributed by atoms with E-state index in [2.05, 4.69) is 41.4 Å². The fraction of sp³-hybridized carbons (Fsp3) is 0.533. The second-order valence-electron chi connectivity index (χ2n) is 5.30. The van der Waals surface area contributed by atoms with Crippen molar-refractivity contribution in [3.05, 3.63) is 35.9 Å². The number of benzene rings is 1. The van der Waals surface area contributed by atoms with E-state index in [9.17, 15) is 4.79 Å². The molecule has 4 heteroatoms. The number of rotatable bonds is 4. The number of carbonyl (C=O) groups excluding carboxylic acids is 1. The maximum atomic E-state index is 11.3. The van der Waals surface area contributed by atoms with Gasteiger partial charge in [-0.2, -0.15) is 0 Å². The fourth-order valence-electron chi connectivity index (χ4n) is 2.69. The third-order valence-electron chi connectivity index (χ3n) is 3.79. The summed E-state index contributed by atoms with van der Waals surface area (Å²) < 4.78 is 0. The Bertz CT molecular complexity index is 407. The highest BCUT2D eigenvalue weighted by atomic mass is 16.1. The number of carbonyl (C=O) groups is 1. The number of piperidine rings is 1. The molecule has 2 atom stereocenters. The quantitative estimate of drug-likeness (QED) is 0.854. The predicted octanol–water partition coefficient (Wildman–Crippen LogP) is 1.11. The number of likely N-dealkylation sites (tertiary alicyclic amines) is 1. The number of hydrogen-bond acceptors (Lipinski definition) is 3. The number of nitrogens with zero attached hydrogens (tertiary/aromatic N) is 1. The van der Waals surface area contributed by atoms with Crippen LogP contribution in [0.25, 0.3) is 0 Å². The third-order valence-corrected chi connectivity index (χ3v) is 3.79. The van der Waals surface area contributed by atoms with Gasteiger partial charge in [0.25, 0.3) is 0 Å². The van der Waals surface area contributed by atoms with Gasteiger partial charge in [-0.25, -0.2) is 0 Å². The number of hydrogen-bond donors (Lipinski definition) is 2. The molecule has 0 spiro atoms. The molecule has 0 aliphatic carbocycles. The molecular formula is C15H23N3O. The molecule has 1 amide bonds. The van der Waals surface area contributed by atoms with Crippen LogP contribution in [0.2, 0.25) is 0 Å². The molecule has 1 heterocycles. The van der Waals surface area contributed by atoms with E-state index in [1.807, 2.05) is 6.07 Å². The van der Waals surface area contributed by atoms with E-state index >= 15 is 0 Å². The largest absolute Gasteiger partial charge is 0.352 e. The van der Waals surface area contributed by atoms with Crippen molar-refractivity contribution in [1.82, 2.24) is 10.2 Å². The Balaban J connectivity index is 1.85. The standard InChI is InChI=1S/C15H23N3O/c1-12-9-14(17-15(19)10-16)7-8-18(12)11-13-5-3-2-4-6-13/h2-6,12,14H,7-11,16H2,1H3,(H,17,19)/t12-,14+/m1/s1. The van der Waals surface area contributed by atoms with Crippen LogP contribution < -0.4 is 11.1 Å². The van der Waals surface area contributed by atoms with Crippen molar-refractivity contribution in [3.8, 4) is 0 Å². The Morgan fingerprint density at radius 2 is 2.16 bits per heavy atom. The van der Waals surface area contributed by atoms with Gasteiger partial charge in [0, 0.05) is 25.2 Å². The van der Waals surface area contributed by atoms with E-state index in [0.29, 0.717) is 6.04 Å². The van der Waals surface area contributed by atoms with E-state index in [1.165, 1.54) is 5.56 Å². The molecule has 0 saturated carbocycles. The van der Waals surface area contributed by atoms with E-state index < -0.39 is 0 Å². The average Bonchev–Trinajstić information content (AvgIpc) is 2.43. The highest BCUT2D eigenvalue weighted by molar-refractivity contribution is 5.78. The van der Waals surface area contributed by atoms with E-state index in [4.69, 9.17) is 5.73 Å². The molecule has 0 aromatic heterocycles. The smallest absolute Gasteiger partial charge is 0.233 e. The molecule has 1 fully saturated rings. The van der Waals surface area contributed by atoms with Crippen LogP contribution in [0.5, 0.6) is 0 Å². The van der Waals surface area contributed by atoms with Gasteiger partial charge in [0.15, 0.2) is 0 Å². The maximum Gasteiger partial charge on any atom is 0.233 e. The highest BCUT2D eigenvalue weighted by Gasteiger charge is 2.25. The van der Waals surface area contributed by atoms with Gasteiger partial charge < -0.3 is 11.1 Å². The number of nitrogens with two attached hydrogens (primary N) is 1. The van der Waals surface area contributed by atoms with Gasteiger partial charge in [-0.3, -0.25) is 9.69 Å². The van der Waals surface area contributed by atoms with Crippen LogP contribution in [-0.4, -0.2) is 36.0 Å². The van der Waals surface area contributed by atoms with Crippen molar-refractivity contribution in [2.24, 2.45) is 5.73 Å². The third kappa shape index (κ3) is 4.04. The van der Waals surface area contributed by atoms with Crippen molar-refractivity contribution in [1.29, 1.82) is 0 Å². The minimum atomic E-state index is -0.0475. The molecule has 0 bridgehead atoms. The Labute approximate surface area is 115 Å². The zero-order valence-corrected chi connectivity index (χ0v) is 11.5. The van der Waals surface area contributed by atoms with E-state index in [-0.39, 0.29) is 18.5 Å². The summed E-state index contributed by atoms with van der Waals surface area (Å²) >= 11 is 0. The van der Waals surface area contributed by atoms with Gasteiger partial charge in [0.1, 0.15) is 0 Å². The van der Waals surface area contributed by atoms with Crippen LogP contribution in [-0.2, 0) is 11.3 Å². The summed E-state index contributed by atoms with van der Waals surface area (Å²) in [6.07, 6.45) is 2.00. The fourth-order valence-corrected chi connectivity index (χ4v) is 2.69. The van der Waals surface area contributed by atoms with Gasteiger partial charge in [-0.15, -0.1) is 0 Å². The maximum absolute atomic E-state index is 11.3. The minimum Gasteiger partial charge on any atom is -0.352 e. The highest BCUT2D eigenvalue weighted by Crippen LogP contribution is 2.19. The summed E-state index contributed by atoms with van der Waals surface area (Å²) in [5.41, 5.74) is 6.68. The molecule has 1 aliphatic rings. The van der Waals surface area contributed by atoms with E-state index in [1.54, 1.807) is 0 Å². The molecule has 2 rings (SSSR count). The summed E-state index contributed by atoms with van der Waals surface area (Å²) in [7, 11) is 0. The topological polar surface area (TPSA) is 58.4 Å². The zero-order chi connectivity index (χ0) is 13.7. The Hall–Kier alpha value is -1.39. The SMILES string of the molecule is C[C@@H]1C[C@@H](NC(=O)CN)CCN1Cc1ccccc1.